The molecule has 1 atom stereocenters. The number of likely N-dealkylation sites (tertiary alicyclic amines) is 1. The summed E-state index contributed by atoms with van der Waals surface area (Å²) in [5.74, 6) is 0.920. The fraction of sp³-hybridized carbons (Fsp3) is 0.667. The predicted octanol–water partition coefficient (Wildman–Crippen LogP) is 0.906. The fourth-order valence-corrected chi connectivity index (χ4v) is 2.77. The maximum absolute atomic E-state index is 12.1. The summed E-state index contributed by atoms with van der Waals surface area (Å²) >= 11 is 0. The van der Waals surface area contributed by atoms with E-state index < -0.39 is 0 Å². The van der Waals surface area contributed by atoms with E-state index in [9.17, 15) is 9.59 Å². The molecule has 1 amide bonds. The van der Waals surface area contributed by atoms with Crippen molar-refractivity contribution in [3.05, 3.63) is 17.3 Å². The highest BCUT2D eigenvalue weighted by Crippen LogP contribution is 2.16. The molecule has 1 unspecified atom stereocenters. The van der Waals surface area contributed by atoms with Crippen molar-refractivity contribution in [2.75, 3.05) is 33.3 Å². The largest absolute Gasteiger partial charge is 0.468 e. The van der Waals surface area contributed by atoms with Crippen LogP contribution in [0.2, 0.25) is 0 Å². The van der Waals surface area contributed by atoms with Crippen LogP contribution in [0.25, 0.3) is 0 Å². The number of amides is 1. The van der Waals surface area contributed by atoms with Crippen LogP contribution in [-0.2, 0) is 9.53 Å². The van der Waals surface area contributed by atoms with Crippen LogP contribution in [0.5, 0.6) is 0 Å². The van der Waals surface area contributed by atoms with Crippen LogP contribution in [0.15, 0.2) is 4.42 Å². The quantitative estimate of drug-likeness (QED) is 0.814. The summed E-state index contributed by atoms with van der Waals surface area (Å²) in [6.45, 7) is 6.00. The summed E-state index contributed by atoms with van der Waals surface area (Å²) in [5, 5.41) is 2.91. The fourth-order valence-electron chi connectivity index (χ4n) is 2.77. The van der Waals surface area contributed by atoms with E-state index in [1.165, 1.54) is 7.11 Å². The highest BCUT2D eigenvalue weighted by Gasteiger charge is 2.23. The number of carbonyl (C=O) groups excluding carboxylic acids is 2. The molecule has 122 valence electrons. The zero-order chi connectivity index (χ0) is 16.1. The highest BCUT2D eigenvalue weighted by molar-refractivity contribution is 5.93. The normalized spacial score (nSPS) is 19.0. The third-order valence-electron chi connectivity index (χ3n) is 3.85. The first-order chi connectivity index (χ1) is 10.5. The molecule has 1 fully saturated rings. The van der Waals surface area contributed by atoms with Gasteiger partial charge in [0.2, 0.25) is 0 Å². The van der Waals surface area contributed by atoms with E-state index in [0.717, 1.165) is 25.9 Å². The number of ether oxygens (including phenoxy) is 1. The minimum Gasteiger partial charge on any atom is -0.468 e. The topological polar surface area (TPSA) is 84.7 Å². The third kappa shape index (κ3) is 4.30. The summed E-state index contributed by atoms with van der Waals surface area (Å²) in [7, 11) is 1.40. The number of nitrogens with one attached hydrogen (secondary N) is 1. The van der Waals surface area contributed by atoms with Gasteiger partial charge in [0.05, 0.1) is 13.7 Å². The number of piperidine rings is 1. The van der Waals surface area contributed by atoms with Crippen LogP contribution in [0, 0.1) is 19.8 Å². The number of hydrogen-bond acceptors (Lipinski definition) is 6. The van der Waals surface area contributed by atoms with Crippen LogP contribution < -0.4 is 5.32 Å². The van der Waals surface area contributed by atoms with E-state index in [2.05, 4.69) is 15.2 Å². The molecular formula is C15H23N3O4. The first-order valence-corrected chi connectivity index (χ1v) is 7.51. The van der Waals surface area contributed by atoms with Crippen LogP contribution in [0.1, 0.15) is 35.0 Å². The van der Waals surface area contributed by atoms with Crippen LogP contribution in [0.3, 0.4) is 0 Å². The molecule has 1 N–H and O–H groups in total. The van der Waals surface area contributed by atoms with Gasteiger partial charge in [0.1, 0.15) is 5.76 Å². The number of esters is 1. The summed E-state index contributed by atoms with van der Waals surface area (Å²) in [6, 6.07) is 0. The Hall–Kier alpha value is -1.89. The lowest BCUT2D eigenvalue weighted by molar-refractivity contribution is -0.142. The third-order valence-corrected chi connectivity index (χ3v) is 3.85. The number of hydrogen-bond donors (Lipinski definition) is 1. The number of carbonyl (C=O) groups is 2. The molecule has 0 saturated carbocycles. The Labute approximate surface area is 130 Å². The van der Waals surface area contributed by atoms with Gasteiger partial charge in [-0.1, -0.05) is 0 Å². The average Bonchev–Trinajstić information content (AvgIpc) is 2.84. The van der Waals surface area contributed by atoms with Gasteiger partial charge in [-0.3, -0.25) is 14.5 Å². The van der Waals surface area contributed by atoms with Crippen molar-refractivity contribution in [3.8, 4) is 0 Å². The van der Waals surface area contributed by atoms with Crippen LogP contribution in [0.4, 0.5) is 0 Å². The summed E-state index contributed by atoms with van der Waals surface area (Å²) < 4.78 is 9.96. The summed E-state index contributed by atoms with van der Waals surface area (Å²) in [5.41, 5.74) is 0.347. The van der Waals surface area contributed by atoms with Gasteiger partial charge in [0.15, 0.2) is 11.6 Å². The lowest BCUT2D eigenvalue weighted by atomic mass is 9.98. The Kier molecular flexibility index (Phi) is 5.54. The van der Waals surface area contributed by atoms with E-state index in [-0.39, 0.29) is 11.9 Å². The minimum absolute atomic E-state index is 0.209. The molecule has 7 nitrogen and oxygen atoms in total. The molecule has 1 aromatic rings. The molecule has 7 heteroatoms. The Morgan fingerprint density at radius 1 is 1.45 bits per heavy atom. The zero-order valence-electron chi connectivity index (χ0n) is 13.3. The van der Waals surface area contributed by atoms with Gasteiger partial charge >= 0.3 is 5.97 Å². The molecule has 0 spiro atoms. The lowest BCUT2D eigenvalue weighted by Crippen LogP contribution is -2.43. The SMILES string of the molecule is COC(=O)CN1CCCC(CNC(=O)c2nc(C)oc2C)C1. The Balaban J connectivity index is 1.82. The molecule has 22 heavy (non-hydrogen) atoms. The first kappa shape index (κ1) is 16.5. The Bertz CT molecular complexity index is 541. The number of aromatic nitrogens is 1. The molecule has 2 rings (SSSR count). The number of nitrogens with zero attached hydrogens (tertiary/aromatic N) is 2. The van der Waals surface area contributed by atoms with E-state index in [1.54, 1.807) is 13.8 Å². The molecule has 1 aliphatic rings. The molecule has 0 radical (unpaired) electrons. The van der Waals surface area contributed by atoms with E-state index in [1.807, 2.05) is 0 Å². The molecule has 0 aromatic carbocycles. The van der Waals surface area contributed by atoms with Gasteiger partial charge in [-0.25, -0.2) is 4.98 Å². The predicted molar refractivity (Wildman–Crippen MR) is 79.5 cm³/mol. The van der Waals surface area contributed by atoms with Crippen molar-refractivity contribution in [1.29, 1.82) is 0 Å². The van der Waals surface area contributed by atoms with Crippen molar-refractivity contribution < 1.29 is 18.7 Å². The molecule has 1 saturated heterocycles. The van der Waals surface area contributed by atoms with Gasteiger partial charge in [-0.2, -0.15) is 0 Å². The Morgan fingerprint density at radius 2 is 2.23 bits per heavy atom. The molecule has 0 aliphatic carbocycles. The maximum Gasteiger partial charge on any atom is 0.319 e. The molecule has 1 aliphatic heterocycles. The second-order valence-electron chi connectivity index (χ2n) is 5.67. The van der Waals surface area contributed by atoms with E-state index in [0.29, 0.717) is 36.4 Å². The number of methoxy groups -OCH3 is 1. The van der Waals surface area contributed by atoms with Gasteiger partial charge in [0, 0.05) is 20.0 Å². The average molecular weight is 309 g/mol. The van der Waals surface area contributed by atoms with Gasteiger partial charge < -0.3 is 14.5 Å². The van der Waals surface area contributed by atoms with Crippen LogP contribution >= 0.6 is 0 Å². The molecule has 1 aromatic heterocycles. The second-order valence-corrected chi connectivity index (χ2v) is 5.67. The van der Waals surface area contributed by atoms with Gasteiger partial charge in [-0.05, 0) is 32.2 Å². The maximum atomic E-state index is 12.1. The van der Waals surface area contributed by atoms with Crippen molar-refractivity contribution in [2.45, 2.75) is 26.7 Å². The summed E-state index contributed by atoms with van der Waals surface area (Å²) in [6.07, 6.45) is 2.05. The summed E-state index contributed by atoms with van der Waals surface area (Å²) in [4.78, 5) is 29.6. The standard InChI is InChI=1S/C15H23N3O4/c1-10-14(17-11(2)22-10)15(20)16-7-12-5-4-6-18(8-12)9-13(19)21-3/h12H,4-9H2,1-3H3,(H,16,20). The van der Waals surface area contributed by atoms with E-state index >= 15 is 0 Å². The van der Waals surface area contributed by atoms with Gasteiger partial charge in [-0.15, -0.1) is 0 Å². The second kappa shape index (κ2) is 7.40. The Morgan fingerprint density at radius 3 is 2.86 bits per heavy atom. The lowest BCUT2D eigenvalue weighted by Gasteiger charge is -2.31. The number of rotatable bonds is 5. The van der Waals surface area contributed by atoms with E-state index in [4.69, 9.17) is 9.15 Å². The first-order valence-electron chi connectivity index (χ1n) is 7.51. The molecule has 2 heterocycles. The zero-order valence-corrected chi connectivity index (χ0v) is 13.3. The molecule has 0 bridgehead atoms. The van der Waals surface area contributed by atoms with Crippen molar-refractivity contribution in [2.24, 2.45) is 5.92 Å². The highest BCUT2D eigenvalue weighted by atomic mass is 16.5. The van der Waals surface area contributed by atoms with Crippen molar-refractivity contribution >= 4 is 11.9 Å². The van der Waals surface area contributed by atoms with Crippen molar-refractivity contribution in [3.63, 3.8) is 0 Å². The smallest absolute Gasteiger partial charge is 0.319 e. The number of oxazole rings is 1. The monoisotopic (exact) mass is 309 g/mol. The van der Waals surface area contributed by atoms with Crippen LogP contribution in [-0.4, -0.2) is 55.0 Å². The van der Waals surface area contributed by atoms with Gasteiger partial charge in [0.25, 0.3) is 5.91 Å². The molecular weight excluding hydrogens is 286 g/mol. The number of aryl methyl sites for hydroxylation is 2. The van der Waals surface area contributed by atoms with Crippen molar-refractivity contribution in [1.82, 2.24) is 15.2 Å². The minimum atomic E-state index is -0.224.